The van der Waals surface area contributed by atoms with Crippen molar-refractivity contribution in [1.82, 2.24) is 15.1 Å². The van der Waals surface area contributed by atoms with Crippen molar-refractivity contribution in [1.29, 1.82) is 0 Å². The van der Waals surface area contributed by atoms with Crippen LogP contribution in [0.25, 0.3) is 0 Å². The lowest BCUT2D eigenvalue weighted by Crippen LogP contribution is -2.53. The van der Waals surface area contributed by atoms with Gasteiger partial charge in [0.1, 0.15) is 0 Å². The van der Waals surface area contributed by atoms with Crippen LogP contribution in [0.15, 0.2) is 0 Å². The van der Waals surface area contributed by atoms with Crippen molar-refractivity contribution < 1.29 is 4.79 Å². The highest BCUT2D eigenvalue weighted by molar-refractivity contribution is 5.78. The van der Waals surface area contributed by atoms with Gasteiger partial charge in [-0.25, -0.2) is 0 Å². The third-order valence-corrected chi connectivity index (χ3v) is 4.49. The molecule has 1 aliphatic heterocycles. The summed E-state index contributed by atoms with van der Waals surface area (Å²) >= 11 is 0. The standard InChI is InChI=1S/C15H29N3O/c1-3-18(14-7-5-4-6-8-14)15(19)12-17-10-9-16-13(2)11-17/h13-14,16H,3-12H2,1-2H3/t13-/m0/s1. The minimum Gasteiger partial charge on any atom is -0.339 e. The number of amides is 1. The van der Waals surface area contributed by atoms with Crippen LogP contribution in [0.2, 0.25) is 0 Å². The maximum atomic E-state index is 12.5. The lowest BCUT2D eigenvalue weighted by Gasteiger charge is -2.37. The summed E-state index contributed by atoms with van der Waals surface area (Å²) < 4.78 is 0. The molecule has 0 unspecified atom stereocenters. The number of hydrogen-bond donors (Lipinski definition) is 1. The van der Waals surface area contributed by atoms with Crippen LogP contribution in [-0.2, 0) is 4.79 Å². The van der Waals surface area contributed by atoms with Gasteiger partial charge in [-0.1, -0.05) is 19.3 Å². The topological polar surface area (TPSA) is 35.6 Å². The predicted octanol–water partition coefficient (Wildman–Crippen LogP) is 1.46. The molecule has 1 saturated heterocycles. The summed E-state index contributed by atoms with van der Waals surface area (Å²) in [6.45, 7) is 8.78. The van der Waals surface area contributed by atoms with Gasteiger partial charge in [0.2, 0.25) is 5.91 Å². The molecule has 2 rings (SSSR count). The molecule has 1 aliphatic carbocycles. The Labute approximate surface area is 117 Å². The highest BCUT2D eigenvalue weighted by Crippen LogP contribution is 2.22. The summed E-state index contributed by atoms with van der Waals surface area (Å²) in [5.74, 6) is 0.337. The zero-order valence-corrected chi connectivity index (χ0v) is 12.5. The van der Waals surface area contributed by atoms with E-state index in [2.05, 4.69) is 29.0 Å². The van der Waals surface area contributed by atoms with Crippen molar-refractivity contribution >= 4 is 5.91 Å². The van der Waals surface area contributed by atoms with E-state index >= 15 is 0 Å². The van der Waals surface area contributed by atoms with E-state index < -0.39 is 0 Å². The molecular formula is C15H29N3O. The van der Waals surface area contributed by atoms with E-state index in [0.29, 0.717) is 24.5 Å². The number of rotatable bonds is 4. The number of nitrogens with zero attached hydrogens (tertiary/aromatic N) is 2. The summed E-state index contributed by atoms with van der Waals surface area (Å²) in [7, 11) is 0. The Hall–Kier alpha value is -0.610. The van der Waals surface area contributed by atoms with Crippen LogP contribution in [0, 0.1) is 0 Å². The van der Waals surface area contributed by atoms with Crippen LogP contribution in [0.1, 0.15) is 46.0 Å². The molecule has 1 atom stereocenters. The highest BCUT2D eigenvalue weighted by Gasteiger charge is 2.26. The average molecular weight is 267 g/mol. The minimum absolute atomic E-state index is 0.337. The second-order valence-corrected chi connectivity index (χ2v) is 6.06. The van der Waals surface area contributed by atoms with Crippen LogP contribution in [0.5, 0.6) is 0 Å². The van der Waals surface area contributed by atoms with E-state index in [1.54, 1.807) is 0 Å². The summed E-state index contributed by atoms with van der Waals surface area (Å²) in [4.78, 5) is 16.9. The molecule has 0 radical (unpaired) electrons. The molecule has 1 amide bonds. The van der Waals surface area contributed by atoms with E-state index in [1.807, 2.05) is 0 Å². The van der Waals surface area contributed by atoms with E-state index in [-0.39, 0.29) is 0 Å². The molecule has 0 spiro atoms. The van der Waals surface area contributed by atoms with E-state index in [4.69, 9.17) is 0 Å². The van der Waals surface area contributed by atoms with Crippen LogP contribution in [0.3, 0.4) is 0 Å². The minimum atomic E-state index is 0.337. The van der Waals surface area contributed by atoms with E-state index in [1.165, 1.54) is 32.1 Å². The SMILES string of the molecule is CCN(C(=O)CN1CCN[C@@H](C)C1)C1CCCCC1. The van der Waals surface area contributed by atoms with Crippen molar-refractivity contribution in [3.8, 4) is 0 Å². The Bertz CT molecular complexity index is 289. The number of carbonyl (C=O) groups excluding carboxylic acids is 1. The van der Waals surface area contributed by atoms with Crippen LogP contribution in [0.4, 0.5) is 0 Å². The molecule has 2 fully saturated rings. The lowest BCUT2D eigenvalue weighted by atomic mass is 9.94. The Kier molecular flexibility index (Phi) is 5.64. The first-order valence-electron chi connectivity index (χ1n) is 7.96. The fourth-order valence-corrected chi connectivity index (χ4v) is 3.47. The van der Waals surface area contributed by atoms with Gasteiger partial charge in [0.25, 0.3) is 0 Å². The lowest BCUT2D eigenvalue weighted by molar-refractivity contribution is -0.135. The quantitative estimate of drug-likeness (QED) is 0.837. The number of hydrogen-bond acceptors (Lipinski definition) is 3. The van der Waals surface area contributed by atoms with E-state index in [9.17, 15) is 4.79 Å². The smallest absolute Gasteiger partial charge is 0.236 e. The molecule has 110 valence electrons. The number of nitrogens with one attached hydrogen (secondary N) is 1. The monoisotopic (exact) mass is 267 g/mol. The average Bonchev–Trinajstić information content (AvgIpc) is 2.41. The van der Waals surface area contributed by atoms with Gasteiger partial charge in [-0.2, -0.15) is 0 Å². The molecule has 19 heavy (non-hydrogen) atoms. The molecule has 4 heteroatoms. The van der Waals surface area contributed by atoms with E-state index in [0.717, 1.165) is 26.2 Å². The van der Waals surface area contributed by atoms with Gasteiger partial charge in [-0.15, -0.1) is 0 Å². The summed E-state index contributed by atoms with van der Waals surface area (Å²) in [6.07, 6.45) is 6.34. The number of carbonyl (C=O) groups is 1. The first-order chi connectivity index (χ1) is 9.20. The summed E-state index contributed by atoms with van der Waals surface area (Å²) in [5.41, 5.74) is 0. The maximum Gasteiger partial charge on any atom is 0.236 e. The van der Waals surface area contributed by atoms with Gasteiger partial charge >= 0.3 is 0 Å². The zero-order chi connectivity index (χ0) is 13.7. The van der Waals surface area contributed by atoms with Crippen molar-refractivity contribution in [3.63, 3.8) is 0 Å². The van der Waals surface area contributed by atoms with Gasteiger partial charge in [-0.3, -0.25) is 9.69 Å². The normalized spacial score (nSPS) is 26.3. The van der Waals surface area contributed by atoms with Gasteiger partial charge in [0, 0.05) is 38.3 Å². The first kappa shape index (κ1) is 14.8. The van der Waals surface area contributed by atoms with Crippen molar-refractivity contribution in [2.24, 2.45) is 0 Å². The van der Waals surface area contributed by atoms with Crippen molar-refractivity contribution in [2.75, 3.05) is 32.7 Å². The number of likely N-dealkylation sites (N-methyl/N-ethyl adjacent to an activating group) is 1. The second-order valence-electron chi connectivity index (χ2n) is 6.06. The molecule has 0 aromatic heterocycles. The Morgan fingerprint density at radius 2 is 2.05 bits per heavy atom. The molecule has 4 nitrogen and oxygen atoms in total. The molecule has 1 N–H and O–H groups in total. The third-order valence-electron chi connectivity index (χ3n) is 4.49. The summed E-state index contributed by atoms with van der Waals surface area (Å²) in [5, 5.41) is 3.43. The van der Waals surface area contributed by atoms with Gasteiger partial charge in [0.15, 0.2) is 0 Å². The molecule has 0 aromatic rings. The van der Waals surface area contributed by atoms with Crippen molar-refractivity contribution in [3.05, 3.63) is 0 Å². The maximum absolute atomic E-state index is 12.5. The fraction of sp³-hybridized carbons (Fsp3) is 0.933. The van der Waals surface area contributed by atoms with Crippen LogP contribution in [-0.4, -0.2) is 60.5 Å². The van der Waals surface area contributed by atoms with Gasteiger partial charge < -0.3 is 10.2 Å². The Balaban J connectivity index is 1.85. The summed E-state index contributed by atoms with van der Waals surface area (Å²) in [6, 6.07) is 1.01. The first-order valence-corrected chi connectivity index (χ1v) is 7.96. The number of piperazine rings is 1. The molecule has 0 aromatic carbocycles. The molecule has 0 bridgehead atoms. The zero-order valence-electron chi connectivity index (χ0n) is 12.5. The van der Waals surface area contributed by atoms with Crippen LogP contribution >= 0.6 is 0 Å². The van der Waals surface area contributed by atoms with Gasteiger partial charge in [0.05, 0.1) is 6.54 Å². The fourth-order valence-electron chi connectivity index (χ4n) is 3.47. The second kappa shape index (κ2) is 7.25. The predicted molar refractivity (Wildman–Crippen MR) is 78.2 cm³/mol. The Morgan fingerprint density at radius 1 is 1.32 bits per heavy atom. The largest absolute Gasteiger partial charge is 0.339 e. The molecular weight excluding hydrogens is 238 g/mol. The third kappa shape index (κ3) is 4.18. The van der Waals surface area contributed by atoms with Crippen molar-refractivity contribution in [2.45, 2.75) is 58.0 Å². The molecule has 1 saturated carbocycles. The van der Waals surface area contributed by atoms with Gasteiger partial charge in [-0.05, 0) is 26.7 Å². The molecule has 1 heterocycles. The Morgan fingerprint density at radius 3 is 2.68 bits per heavy atom. The van der Waals surface area contributed by atoms with Crippen LogP contribution < -0.4 is 5.32 Å². The highest BCUT2D eigenvalue weighted by atomic mass is 16.2. The molecule has 2 aliphatic rings.